The molecule has 9 heteroatoms. The van der Waals surface area contributed by atoms with Gasteiger partial charge in [0.1, 0.15) is 5.65 Å². The number of halogens is 2. The van der Waals surface area contributed by atoms with Gasteiger partial charge in [-0.2, -0.15) is 0 Å². The van der Waals surface area contributed by atoms with Gasteiger partial charge >= 0.3 is 0 Å². The van der Waals surface area contributed by atoms with Crippen LogP contribution in [0.3, 0.4) is 0 Å². The number of ether oxygens (including phenoxy) is 1. The maximum atomic E-state index is 13.5. The second kappa shape index (κ2) is 11.6. The number of nitrogens with zero attached hydrogens (tertiary/aromatic N) is 4. The van der Waals surface area contributed by atoms with E-state index in [9.17, 15) is 4.79 Å². The van der Waals surface area contributed by atoms with Gasteiger partial charge in [0.05, 0.1) is 25.1 Å². The van der Waals surface area contributed by atoms with Gasteiger partial charge in [-0.3, -0.25) is 4.79 Å². The van der Waals surface area contributed by atoms with Crippen molar-refractivity contribution in [3.8, 4) is 11.1 Å². The molecule has 0 saturated carbocycles. The summed E-state index contributed by atoms with van der Waals surface area (Å²) in [5, 5.41) is 2.14. The van der Waals surface area contributed by atoms with Gasteiger partial charge in [-0.1, -0.05) is 29.3 Å². The van der Waals surface area contributed by atoms with Crippen LogP contribution in [-0.2, 0) is 17.8 Å². The molecule has 1 N–H and O–H groups in total. The number of fused-ring (bicyclic) bond motifs is 1. The first kappa shape index (κ1) is 26.5. The van der Waals surface area contributed by atoms with Gasteiger partial charge in [0, 0.05) is 65.2 Å². The second-order valence-corrected chi connectivity index (χ2v) is 10.5. The summed E-state index contributed by atoms with van der Waals surface area (Å²) in [6.07, 6.45) is 6.19. The summed E-state index contributed by atoms with van der Waals surface area (Å²) < 4.78 is 7.31. The molecule has 1 aliphatic heterocycles. The van der Waals surface area contributed by atoms with Gasteiger partial charge in [-0.05, 0) is 51.1 Å². The van der Waals surface area contributed by atoms with Crippen LogP contribution in [-0.4, -0.2) is 59.8 Å². The Kier molecular flexibility index (Phi) is 8.57. The Morgan fingerprint density at radius 1 is 1.28 bits per heavy atom. The average molecular weight is 531 g/mol. The number of aromatic nitrogens is 3. The lowest BCUT2D eigenvalue weighted by atomic mass is 10.0. The Labute approximate surface area is 222 Å². The number of aromatic amines is 1. The third-order valence-corrected chi connectivity index (χ3v) is 7.22. The maximum absolute atomic E-state index is 13.5. The molecule has 1 atom stereocenters. The van der Waals surface area contributed by atoms with Crippen LogP contribution < -0.4 is 10.5 Å². The van der Waals surface area contributed by atoms with E-state index in [-0.39, 0.29) is 11.5 Å². The first-order valence-electron chi connectivity index (χ1n) is 12.1. The van der Waals surface area contributed by atoms with Gasteiger partial charge in [0.25, 0.3) is 5.56 Å². The Morgan fingerprint density at radius 3 is 2.69 bits per heavy atom. The van der Waals surface area contributed by atoms with Crippen LogP contribution in [0.5, 0.6) is 0 Å². The summed E-state index contributed by atoms with van der Waals surface area (Å²) >= 11 is 12.4. The van der Waals surface area contributed by atoms with E-state index in [0.29, 0.717) is 42.8 Å². The van der Waals surface area contributed by atoms with Gasteiger partial charge < -0.3 is 24.1 Å². The fourth-order valence-corrected chi connectivity index (χ4v) is 4.80. The molecule has 1 fully saturated rings. The molecule has 1 unspecified atom stereocenters. The molecule has 0 radical (unpaired) electrons. The van der Waals surface area contributed by atoms with Crippen LogP contribution >= 0.6 is 23.2 Å². The number of hydrogen-bond acceptors (Lipinski definition) is 5. The molecule has 0 spiro atoms. The number of nitrogens with one attached hydrogen (secondary N) is 1. The zero-order valence-corrected chi connectivity index (χ0v) is 22.6. The molecule has 0 bridgehead atoms. The molecule has 3 aromatic rings. The fourth-order valence-electron chi connectivity index (χ4n) is 4.52. The molecule has 4 heterocycles. The van der Waals surface area contributed by atoms with Crippen LogP contribution in [0.4, 0.5) is 5.69 Å². The van der Waals surface area contributed by atoms with E-state index in [0.717, 1.165) is 46.6 Å². The van der Waals surface area contributed by atoms with Crippen molar-refractivity contribution < 1.29 is 4.74 Å². The lowest BCUT2D eigenvalue weighted by Gasteiger charge is -2.28. The van der Waals surface area contributed by atoms with E-state index < -0.39 is 0 Å². The molecule has 7 nitrogen and oxygen atoms in total. The largest absolute Gasteiger partial charge is 0.378 e. The van der Waals surface area contributed by atoms with E-state index in [1.165, 1.54) is 0 Å². The topological polar surface area (TPSA) is 66.4 Å². The molecule has 36 heavy (non-hydrogen) atoms. The molecule has 0 amide bonds. The highest BCUT2D eigenvalue weighted by molar-refractivity contribution is 6.38. The molecule has 192 valence electrons. The highest BCUT2D eigenvalue weighted by Gasteiger charge is 2.18. The Hall–Kier alpha value is -2.58. The summed E-state index contributed by atoms with van der Waals surface area (Å²) in [6, 6.07) is 5.94. The van der Waals surface area contributed by atoms with Crippen molar-refractivity contribution in [3.63, 3.8) is 0 Å². The monoisotopic (exact) mass is 529 g/mol. The molecular weight excluding hydrogens is 497 g/mol. The van der Waals surface area contributed by atoms with Crippen molar-refractivity contribution in [2.24, 2.45) is 5.92 Å². The maximum Gasteiger partial charge on any atom is 0.251 e. The van der Waals surface area contributed by atoms with E-state index >= 15 is 0 Å². The highest BCUT2D eigenvalue weighted by Crippen LogP contribution is 2.31. The molecule has 3 aromatic heterocycles. The van der Waals surface area contributed by atoms with Gasteiger partial charge in [0.15, 0.2) is 0 Å². The number of hydrogen-bond donors (Lipinski definition) is 1. The van der Waals surface area contributed by atoms with E-state index in [1.54, 1.807) is 13.0 Å². The van der Waals surface area contributed by atoms with E-state index in [1.807, 2.05) is 37.1 Å². The van der Waals surface area contributed by atoms with Crippen molar-refractivity contribution >= 4 is 39.9 Å². The van der Waals surface area contributed by atoms with Crippen LogP contribution in [0.2, 0.25) is 0 Å². The molecule has 0 aliphatic carbocycles. The van der Waals surface area contributed by atoms with Crippen molar-refractivity contribution in [3.05, 3.63) is 69.4 Å². The smallest absolute Gasteiger partial charge is 0.251 e. The van der Waals surface area contributed by atoms with Crippen LogP contribution in [0, 0.1) is 5.92 Å². The number of anilines is 1. The number of allylic oxidation sites excluding steroid dienone is 3. The van der Waals surface area contributed by atoms with E-state index in [4.69, 9.17) is 27.9 Å². The highest BCUT2D eigenvalue weighted by atomic mass is 35.5. The summed E-state index contributed by atoms with van der Waals surface area (Å²) in [6.45, 7) is 9.91. The summed E-state index contributed by atoms with van der Waals surface area (Å²) in [5.74, 6) is -0.0240. The zero-order valence-electron chi connectivity index (χ0n) is 21.1. The number of H-pyrrole nitrogens is 1. The average Bonchev–Trinajstić information content (AvgIpc) is 3.28. The minimum Gasteiger partial charge on any atom is -0.378 e. The molecule has 1 aliphatic rings. The molecule has 0 aromatic carbocycles. The number of pyridine rings is 2. The van der Waals surface area contributed by atoms with Crippen LogP contribution in [0.25, 0.3) is 22.2 Å². The van der Waals surface area contributed by atoms with Crippen molar-refractivity contribution in [2.75, 3.05) is 45.3 Å². The SMILES string of the molecule is C=CC(C/C(Cl)=C(\C)Cl)Cn1c(CN(C)C)cc(-c2c[nH]c3ncc(N4CCOCC4)cc23)cc1=O. The summed E-state index contributed by atoms with van der Waals surface area (Å²) in [5.41, 5.74) is 4.53. The number of morpholine rings is 1. The summed E-state index contributed by atoms with van der Waals surface area (Å²) in [4.78, 5) is 25.7. The minimum atomic E-state index is -0.0643. The molecule has 4 rings (SSSR count). The van der Waals surface area contributed by atoms with Crippen molar-refractivity contribution in [2.45, 2.75) is 26.4 Å². The van der Waals surface area contributed by atoms with E-state index in [2.05, 4.69) is 38.5 Å². The molecular formula is C27H33Cl2N5O2. The van der Waals surface area contributed by atoms with Gasteiger partial charge in [-0.15, -0.1) is 6.58 Å². The second-order valence-electron chi connectivity index (χ2n) is 9.45. The quantitative estimate of drug-likeness (QED) is 0.386. The summed E-state index contributed by atoms with van der Waals surface area (Å²) in [7, 11) is 3.99. The Bertz CT molecular complexity index is 1320. The zero-order chi connectivity index (χ0) is 25.8. The van der Waals surface area contributed by atoms with Crippen molar-refractivity contribution in [1.29, 1.82) is 0 Å². The van der Waals surface area contributed by atoms with Crippen molar-refractivity contribution in [1.82, 2.24) is 19.4 Å². The first-order valence-corrected chi connectivity index (χ1v) is 12.8. The first-order chi connectivity index (χ1) is 17.3. The number of rotatable bonds is 9. The van der Waals surface area contributed by atoms with Gasteiger partial charge in [-0.25, -0.2) is 4.98 Å². The van der Waals surface area contributed by atoms with Crippen LogP contribution in [0.1, 0.15) is 19.0 Å². The normalized spacial score (nSPS) is 15.9. The lowest BCUT2D eigenvalue weighted by molar-refractivity contribution is 0.122. The lowest BCUT2D eigenvalue weighted by Crippen LogP contribution is -2.36. The fraction of sp³-hybridized carbons (Fsp3) is 0.407. The third kappa shape index (κ3) is 6.03. The molecule has 1 saturated heterocycles. The minimum absolute atomic E-state index is 0.0240. The van der Waals surface area contributed by atoms with Crippen LogP contribution in [0.15, 0.2) is 58.1 Å². The third-order valence-electron chi connectivity index (χ3n) is 6.46. The predicted octanol–water partition coefficient (Wildman–Crippen LogP) is 5.19. The Balaban J connectivity index is 1.73. The predicted molar refractivity (Wildman–Crippen MR) is 149 cm³/mol. The standard InChI is InChI=1S/C27H33Cl2N5O2/c1-5-19(10-25(29)18(2)28)16-34-22(17-32(3)4)11-20(12-26(34)35)24-15-31-27-23(24)13-21(14-30-27)33-6-8-36-9-7-33/h5,11-15,19H,1,6-10,16-17H2,2-4H3,(H,30,31)/b25-18-. The van der Waals surface area contributed by atoms with Gasteiger partial charge in [0.2, 0.25) is 0 Å². The Morgan fingerprint density at radius 2 is 2.03 bits per heavy atom.